The van der Waals surface area contributed by atoms with Crippen molar-refractivity contribution < 1.29 is 23.7 Å². The topological polar surface area (TPSA) is 130 Å². The van der Waals surface area contributed by atoms with Gasteiger partial charge in [0.15, 0.2) is 0 Å². The molecule has 0 aliphatic heterocycles. The lowest BCUT2D eigenvalue weighted by molar-refractivity contribution is -0.385. The Morgan fingerprint density at radius 1 is 0.792 bits per heavy atom. The number of hydrogen-bond acceptors (Lipinski definition) is 6. The van der Waals surface area contributed by atoms with Gasteiger partial charge in [0, 0.05) is 27.9 Å². The number of amides is 3. The van der Waals surface area contributed by atoms with Crippen molar-refractivity contribution in [2.45, 2.75) is 10.1 Å². The average Bonchev–Trinajstić information content (AvgIpc) is 3.09. The van der Waals surface area contributed by atoms with E-state index in [1.807, 2.05) is 6.07 Å². The molecule has 0 saturated heterocycles. The van der Waals surface area contributed by atoms with Crippen LogP contribution in [0.3, 0.4) is 0 Å². The summed E-state index contributed by atoms with van der Waals surface area (Å²) in [6.07, 6.45) is 1.24. The molecule has 5 rings (SSSR count). The number of nitrogens with one attached hydrogen (secondary N) is 3. The molecule has 0 fully saturated rings. The van der Waals surface area contributed by atoms with Crippen molar-refractivity contribution in [3.63, 3.8) is 0 Å². The van der Waals surface area contributed by atoms with E-state index < -0.39 is 27.8 Å². The molecule has 0 bridgehead atoms. The molecule has 0 saturated carbocycles. The third-order valence-electron chi connectivity index (χ3n) is 6.84. The summed E-state index contributed by atoms with van der Waals surface area (Å²) in [7, 11) is 0. The van der Waals surface area contributed by atoms with E-state index in [1.165, 1.54) is 48.2 Å². The maximum Gasteiger partial charge on any atom is 0.276 e. The van der Waals surface area contributed by atoms with Crippen molar-refractivity contribution in [2.24, 2.45) is 0 Å². The highest BCUT2D eigenvalue weighted by Gasteiger charge is 2.23. The van der Waals surface area contributed by atoms with E-state index in [9.17, 15) is 28.9 Å². The Bertz CT molecular complexity index is 2010. The maximum atomic E-state index is 13.7. The summed E-state index contributed by atoms with van der Waals surface area (Å²) >= 11 is 7.12. The minimum atomic E-state index is -0.750. The number of nitro benzene ring substituents is 1. The minimum Gasteiger partial charge on any atom is -0.325 e. The molecule has 48 heavy (non-hydrogen) atoms. The molecule has 240 valence electrons. The van der Waals surface area contributed by atoms with E-state index in [4.69, 9.17) is 11.6 Å². The fraction of sp³-hybridized carbons (Fsp3) is 0.0278. The molecule has 9 nitrogen and oxygen atoms in total. The molecular formula is C36H26ClFN4O5S. The lowest BCUT2D eigenvalue weighted by Gasteiger charge is -2.18. The van der Waals surface area contributed by atoms with Gasteiger partial charge >= 0.3 is 0 Å². The Hall–Kier alpha value is -5.78. The summed E-state index contributed by atoms with van der Waals surface area (Å²) in [6, 6.07) is 33.7. The van der Waals surface area contributed by atoms with Gasteiger partial charge in [0.1, 0.15) is 16.8 Å². The number of rotatable bonds is 11. The number of nitro groups is 1. The first kappa shape index (κ1) is 33.6. The van der Waals surface area contributed by atoms with Crippen LogP contribution in [0.1, 0.15) is 26.7 Å². The molecule has 3 N–H and O–H groups in total. The predicted molar refractivity (Wildman–Crippen MR) is 185 cm³/mol. The number of benzene rings is 5. The van der Waals surface area contributed by atoms with E-state index in [2.05, 4.69) is 16.0 Å². The van der Waals surface area contributed by atoms with Crippen molar-refractivity contribution >= 4 is 64.2 Å². The third kappa shape index (κ3) is 8.72. The Kier molecular flexibility index (Phi) is 11.0. The van der Waals surface area contributed by atoms with Crippen LogP contribution in [0.2, 0.25) is 5.02 Å². The Labute approximate surface area is 284 Å². The van der Waals surface area contributed by atoms with E-state index in [1.54, 1.807) is 84.9 Å². The van der Waals surface area contributed by atoms with Gasteiger partial charge in [-0.3, -0.25) is 24.5 Å². The first-order valence-corrected chi connectivity index (χ1v) is 15.6. The normalized spacial score (nSPS) is 11.7. The molecule has 5 aromatic rings. The number of carbonyl (C=O) groups is 3. The number of anilines is 2. The van der Waals surface area contributed by atoms with Gasteiger partial charge in [-0.15, -0.1) is 11.8 Å². The maximum absolute atomic E-state index is 13.7. The smallest absolute Gasteiger partial charge is 0.276 e. The summed E-state index contributed by atoms with van der Waals surface area (Å²) in [5.74, 6) is -2.31. The summed E-state index contributed by atoms with van der Waals surface area (Å²) in [6.45, 7) is 0. The van der Waals surface area contributed by atoms with Gasteiger partial charge in [0.2, 0.25) is 5.91 Å². The second-order valence-electron chi connectivity index (χ2n) is 10.2. The number of para-hydroxylation sites is 1. The average molecular weight is 681 g/mol. The van der Waals surface area contributed by atoms with Gasteiger partial charge < -0.3 is 16.0 Å². The summed E-state index contributed by atoms with van der Waals surface area (Å²) < 4.78 is 13.7. The second kappa shape index (κ2) is 15.7. The van der Waals surface area contributed by atoms with Crippen LogP contribution in [-0.4, -0.2) is 22.6 Å². The van der Waals surface area contributed by atoms with E-state index >= 15 is 0 Å². The van der Waals surface area contributed by atoms with Gasteiger partial charge in [0.05, 0.1) is 15.5 Å². The zero-order valence-corrected chi connectivity index (χ0v) is 26.5. The highest BCUT2D eigenvalue weighted by Crippen LogP contribution is 2.37. The largest absolute Gasteiger partial charge is 0.325 e. The molecule has 1 unspecified atom stereocenters. The first-order chi connectivity index (χ1) is 23.2. The summed E-state index contributed by atoms with van der Waals surface area (Å²) in [5, 5.41) is 18.9. The van der Waals surface area contributed by atoms with Crippen LogP contribution in [0, 0.1) is 15.9 Å². The van der Waals surface area contributed by atoms with Gasteiger partial charge in [-0.05, 0) is 66.2 Å². The van der Waals surface area contributed by atoms with Gasteiger partial charge in [0.25, 0.3) is 17.5 Å². The molecular weight excluding hydrogens is 655 g/mol. The second-order valence-corrected chi connectivity index (χ2v) is 11.8. The van der Waals surface area contributed by atoms with Crippen LogP contribution in [0.25, 0.3) is 6.08 Å². The molecule has 12 heteroatoms. The van der Waals surface area contributed by atoms with Crippen LogP contribution >= 0.6 is 23.4 Å². The van der Waals surface area contributed by atoms with Crippen molar-refractivity contribution in [2.75, 3.05) is 10.6 Å². The lowest BCUT2D eigenvalue weighted by atomic mass is 10.1. The number of thioether (sulfide) groups is 1. The Morgan fingerprint density at radius 3 is 2.17 bits per heavy atom. The minimum absolute atomic E-state index is 0.115. The van der Waals surface area contributed by atoms with E-state index in [0.29, 0.717) is 21.8 Å². The Morgan fingerprint density at radius 2 is 1.46 bits per heavy atom. The first-order valence-electron chi connectivity index (χ1n) is 14.4. The molecule has 0 aromatic heterocycles. The third-order valence-corrected chi connectivity index (χ3v) is 8.37. The van der Waals surface area contributed by atoms with Crippen molar-refractivity contribution in [3.8, 4) is 0 Å². The summed E-state index contributed by atoms with van der Waals surface area (Å²) in [4.78, 5) is 51.8. The van der Waals surface area contributed by atoms with Gasteiger partial charge in [-0.25, -0.2) is 4.39 Å². The molecule has 0 aliphatic carbocycles. The van der Waals surface area contributed by atoms with Gasteiger partial charge in [-0.2, -0.15) is 0 Å². The Balaban J connectivity index is 1.41. The monoisotopic (exact) mass is 680 g/mol. The number of halogens is 2. The lowest BCUT2D eigenvalue weighted by Crippen LogP contribution is -2.30. The molecule has 3 amide bonds. The predicted octanol–water partition coefficient (Wildman–Crippen LogP) is 8.27. The van der Waals surface area contributed by atoms with Crippen LogP contribution in [0.15, 0.2) is 138 Å². The van der Waals surface area contributed by atoms with E-state index in [-0.39, 0.29) is 33.4 Å². The molecule has 1 atom stereocenters. The standard InChI is InChI=1S/C36H26ClFN4O5S/c37-29-22-27(18-19-30(29)38)40-36(45)33(23-10-3-1-4-11-23)48-28-16-9-15-26(21-28)39-35(44)31(41-34(43)24-12-5-2-6-13-24)20-25-14-7-8-17-32(25)42(46)47/h1-22,33H,(H,39,44)(H,40,45)(H,41,43)/b31-20+. The van der Waals surface area contributed by atoms with Crippen molar-refractivity contribution in [1.82, 2.24) is 5.32 Å². The molecule has 5 aromatic carbocycles. The SMILES string of the molecule is O=C(Nc1cccc(SC(C(=O)Nc2ccc(F)c(Cl)c2)c2ccccc2)c1)/C(=C\c1ccccc1[N+](=O)[O-])NC(=O)c1ccccc1. The van der Waals surface area contributed by atoms with Gasteiger partial charge in [-0.1, -0.05) is 78.3 Å². The quantitative estimate of drug-likeness (QED) is 0.0557. The van der Waals surface area contributed by atoms with Crippen LogP contribution in [0.5, 0.6) is 0 Å². The van der Waals surface area contributed by atoms with E-state index in [0.717, 1.165) is 6.07 Å². The summed E-state index contributed by atoms with van der Waals surface area (Å²) in [5.41, 5.74) is 1.28. The number of carbonyl (C=O) groups excluding carboxylic acids is 3. The van der Waals surface area contributed by atoms with Crippen molar-refractivity contribution in [1.29, 1.82) is 0 Å². The van der Waals surface area contributed by atoms with Crippen LogP contribution < -0.4 is 16.0 Å². The highest BCUT2D eigenvalue weighted by molar-refractivity contribution is 8.00. The molecule has 0 aliphatic rings. The highest BCUT2D eigenvalue weighted by atomic mass is 35.5. The zero-order chi connectivity index (χ0) is 34.0. The molecule has 0 spiro atoms. The number of hydrogen-bond donors (Lipinski definition) is 3. The molecule has 0 heterocycles. The number of nitrogens with zero attached hydrogens (tertiary/aromatic N) is 1. The van der Waals surface area contributed by atoms with Crippen LogP contribution in [0.4, 0.5) is 21.5 Å². The fourth-order valence-electron chi connectivity index (χ4n) is 4.54. The van der Waals surface area contributed by atoms with Crippen molar-refractivity contribution in [3.05, 3.63) is 171 Å². The zero-order valence-electron chi connectivity index (χ0n) is 24.9. The molecule has 0 radical (unpaired) electrons. The fourth-order valence-corrected chi connectivity index (χ4v) is 5.80. The van der Waals surface area contributed by atoms with Crippen LogP contribution in [-0.2, 0) is 9.59 Å².